The van der Waals surface area contributed by atoms with Gasteiger partial charge in [-0.1, -0.05) is 74.5 Å². The molecule has 0 aliphatic rings. The van der Waals surface area contributed by atoms with Gasteiger partial charge in [-0.2, -0.15) is 0 Å². The number of esters is 1. The molecule has 2 rings (SSSR count). The molecule has 0 radical (unpaired) electrons. The fraction of sp³-hybridized carbons (Fsp3) is 0.400. The summed E-state index contributed by atoms with van der Waals surface area (Å²) in [4.78, 5) is 37.6. The molecule has 0 bridgehead atoms. The van der Waals surface area contributed by atoms with E-state index in [2.05, 4.69) is 10.6 Å². The number of carbonyl (C=O) groups excluding carboxylic acids is 3. The number of carbonyl (C=O) groups is 3. The molecule has 2 aromatic rings. The number of aliphatic hydroxyl groups is 1. The summed E-state index contributed by atoms with van der Waals surface area (Å²) in [5.41, 5.74) is 1.61. The van der Waals surface area contributed by atoms with Crippen molar-refractivity contribution in [1.82, 2.24) is 10.6 Å². The second-order valence-electron chi connectivity index (χ2n) is 8.21. The Morgan fingerprint density at radius 3 is 1.82 bits per heavy atom. The van der Waals surface area contributed by atoms with Gasteiger partial charge in [0.05, 0.1) is 6.10 Å². The molecule has 0 aliphatic carbocycles. The van der Waals surface area contributed by atoms with Crippen molar-refractivity contribution in [2.75, 3.05) is 0 Å². The second-order valence-corrected chi connectivity index (χ2v) is 8.21. The lowest BCUT2D eigenvalue weighted by molar-refractivity contribution is -0.150. The number of alkyl carbamates (subject to hydrolysis) is 1. The second kappa shape index (κ2) is 13.2. The van der Waals surface area contributed by atoms with Crippen LogP contribution in [0.4, 0.5) is 4.79 Å². The van der Waals surface area contributed by atoms with Gasteiger partial charge in [-0.3, -0.25) is 4.79 Å². The van der Waals surface area contributed by atoms with Gasteiger partial charge in [0, 0.05) is 0 Å². The van der Waals surface area contributed by atoms with E-state index in [9.17, 15) is 19.5 Å². The summed E-state index contributed by atoms with van der Waals surface area (Å²) >= 11 is 0. The highest BCUT2D eigenvalue weighted by Gasteiger charge is 2.31. The van der Waals surface area contributed by atoms with Gasteiger partial charge >= 0.3 is 12.1 Å². The molecule has 2 amide bonds. The zero-order valence-corrected chi connectivity index (χ0v) is 19.2. The Kier molecular flexibility index (Phi) is 10.4. The van der Waals surface area contributed by atoms with E-state index in [0.29, 0.717) is 6.42 Å². The van der Waals surface area contributed by atoms with Crippen molar-refractivity contribution in [1.29, 1.82) is 0 Å². The van der Waals surface area contributed by atoms with Crippen LogP contribution in [0.5, 0.6) is 0 Å². The van der Waals surface area contributed by atoms with Gasteiger partial charge in [-0.25, -0.2) is 9.59 Å². The zero-order valence-electron chi connectivity index (χ0n) is 19.2. The largest absolute Gasteiger partial charge is 0.459 e. The first-order chi connectivity index (χ1) is 15.8. The van der Waals surface area contributed by atoms with E-state index in [1.165, 1.54) is 6.92 Å². The Morgan fingerprint density at radius 1 is 0.818 bits per heavy atom. The molecule has 0 saturated carbocycles. The number of amides is 2. The number of ether oxygens (including phenoxy) is 2. The van der Waals surface area contributed by atoms with Crippen LogP contribution in [0.1, 0.15) is 38.3 Å². The van der Waals surface area contributed by atoms with Crippen LogP contribution in [0.25, 0.3) is 0 Å². The van der Waals surface area contributed by atoms with E-state index < -0.39 is 36.2 Å². The lowest BCUT2D eigenvalue weighted by Crippen LogP contribution is -2.56. The molecule has 0 unspecified atom stereocenters. The minimum Gasteiger partial charge on any atom is -0.459 e. The summed E-state index contributed by atoms with van der Waals surface area (Å²) in [7, 11) is 0. The van der Waals surface area contributed by atoms with Crippen molar-refractivity contribution in [3.8, 4) is 0 Å². The highest BCUT2D eigenvalue weighted by Crippen LogP contribution is 2.10. The molecular formula is C25H32N2O6. The third-order valence-electron chi connectivity index (χ3n) is 4.78. The van der Waals surface area contributed by atoms with Crippen molar-refractivity contribution in [3.05, 3.63) is 71.8 Å². The molecule has 3 N–H and O–H groups in total. The quantitative estimate of drug-likeness (QED) is 0.448. The van der Waals surface area contributed by atoms with Crippen LogP contribution in [0.3, 0.4) is 0 Å². The van der Waals surface area contributed by atoms with Gasteiger partial charge in [0.1, 0.15) is 25.3 Å². The topological polar surface area (TPSA) is 114 Å². The number of benzene rings is 2. The predicted molar refractivity (Wildman–Crippen MR) is 123 cm³/mol. The minimum absolute atomic E-state index is 0.0165. The number of hydrogen-bond donors (Lipinski definition) is 3. The van der Waals surface area contributed by atoms with E-state index in [-0.39, 0.29) is 19.1 Å². The molecule has 178 valence electrons. The third kappa shape index (κ3) is 9.33. The highest BCUT2D eigenvalue weighted by atomic mass is 16.5. The van der Waals surface area contributed by atoms with E-state index in [1.54, 1.807) is 12.1 Å². The number of rotatable bonds is 11. The van der Waals surface area contributed by atoms with Gasteiger partial charge in [0.15, 0.2) is 0 Å². The zero-order chi connectivity index (χ0) is 24.2. The van der Waals surface area contributed by atoms with Gasteiger partial charge in [-0.15, -0.1) is 0 Å². The number of hydrogen-bond acceptors (Lipinski definition) is 6. The third-order valence-corrected chi connectivity index (χ3v) is 4.78. The van der Waals surface area contributed by atoms with Gasteiger partial charge in [-0.05, 0) is 30.4 Å². The van der Waals surface area contributed by atoms with E-state index in [0.717, 1.165) is 11.1 Å². The van der Waals surface area contributed by atoms with Crippen molar-refractivity contribution < 1.29 is 29.0 Å². The molecule has 3 atom stereocenters. The summed E-state index contributed by atoms with van der Waals surface area (Å²) in [6, 6.07) is 16.0. The summed E-state index contributed by atoms with van der Waals surface area (Å²) in [6.07, 6.45) is -1.73. The summed E-state index contributed by atoms with van der Waals surface area (Å²) in [5.74, 6) is -1.20. The Hall–Kier alpha value is -3.39. The molecule has 8 nitrogen and oxygen atoms in total. The number of nitrogens with one attached hydrogen (secondary N) is 2. The maximum atomic E-state index is 12.8. The maximum absolute atomic E-state index is 12.8. The fourth-order valence-electron chi connectivity index (χ4n) is 3.07. The van der Waals surface area contributed by atoms with E-state index in [4.69, 9.17) is 9.47 Å². The average molecular weight is 457 g/mol. The Bertz CT molecular complexity index is 886. The smallest absolute Gasteiger partial charge is 0.408 e. The first kappa shape index (κ1) is 25.9. The fourth-order valence-corrected chi connectivity index (χ4v) is 3.07. The molecule has 0 heterocycles. The monoisotopic (exact) mass is 456 g/mol. The number of aliphatic hydroxyl groups excluding tert-OH is 1. The van der Waals surface area contributed by atoms with Crippen molar-refractivity contribution in [2.45, 2.75) is 58.6 Å². The van der Waals surface area contributed by atoms with Crippen LogP contribution in [0.2, 0.25) is 0 Å². The summed E-state index contributed by atoms with van der Waals surface area (Å²) < 4.78 is 10.5. The van der Waals surface area contributed by atoms with Crippen LogP contribution in [-0.4, -0.2) is 41.3 Å². The molecule has 0 spiro atoms. The van der Waals surface area contributed by atoms with Crippen molar-refractivity contribution in [2.24, 2.45) is 5.92 Å². The first-order valence-corrected chi connectivity index (χ1v) is 10.9. The van der Waals surface area contributed by atoms with Crippen LogP contribution in [0.15, 0.2) is 60.7 Å². The predicted octanol–water partition coefficient (Wildman–Crippen LogP) is 2.94. The van der Waals surface area contributed by atoms with Gasteiger partial charge in [0.2, 0.25) is 5.91 Å². The Morgan fingerprint density at radius 2 is 1.33 bits per heavy atom. The molecule has 0 aliphatic heterocycles. The molecule has 2 aromatic carbocycles. The first-order valence-electron chi connectivity index (χ1n) is 10.9. The minimum atomic E-state index is -1.30. The maximum Gasteiger partial charge on any atom is 0.408 e. The molecular weight excluding hydrogens is 424 g/mol. The SMILES string of the molecule is CC(C)C[C@@H](NC(=O)[C@H](NC(=O)OCc1ccccc1)[C@@H](C)O)C(=O)OCc1ccccc1. The molecule has 33 heavy (non-hydrogen) atoms. The molecule has 8 heteroatoms. The lowest BCUT2D eigenvalue weighted by atomic mass is 10.0. The van der Waals surface area contributed by atoms with Crippen LogP contribution in [0, 0.1) is 5.92 Å². The van der Waals surface area contributed by atoms with Crippen LogP contribution in [-0.2, 0) is 32.3 Å². The molecule has 0 fully saturated rings. The van der Waals surface area contributed by atoms with E-state index >= 15 is 0 Å². The van der Waals surface area contributed by atoms with Gasteiger partial charge < -0.3 is 25.2 Å². The van der Waals surface area contributed by atoms with Crippen molar-refractivity contribution >= 4 is 18.0 Å². The van der Waals surface area contributed by atoms with Crippen LogP contribution < -0.4 is 10.6 Å². The highest BCUT2D eigenvalue weighted by molar-refractivity contribution is 5.90. The molecule has 0 aromatic heterocycles. The lowest BCUT2D eigenvalue weighted by Gasteiger charge is -2.25. The van der Waals surface area contributed by atoms with E-state index in [1.807, 2.05) is 62.4 Å². The summed E-state index contributed by atoms with van der Waals surface area (Å²) in [6.45, 7) is 5.29. The Balaban J connectivity index is 1.96. The van der Waals surface area contributed by atoms with Crippen molar-refractivity contribution in [3.63, 3.8) is 0 Å². The standard InChI is InChI=1S/C25H32N2O6/c1-17(2)14-21(24(30)32-15-19-10-6-4-7-11-19)26-23(29)22(18(3)28)27-25(31)33-16-20-12-8-5-9-13-20/h4-13,17-18,21-22,28H,14-16H2,1-3H3,(H,26,29)(H,27,31)/t18-,21-,22-/m1/s1. The summed E-state index contributed by atoms with van der Waals surface area (Å²) in [5, 5.41) is 15.0. The molecule has 0 saturated heterocycles. The Labute approximate surface area is 194 Å². The normalized spacial score (nSPS) is 13.5. The van der Waals surface area contributed by atoms with Crippen LogP contribution >= 0.6 is 0 Å². The average Bonchev–Trinajstić information content (AvgIpc) is 2.80. The van der Waals surface area contributed by atoms with Gasteiger partial charge in [0.25, 0.3) is 0 Å².